The number of quaternary nitrogens is 1. The Morgan fingerprint density at radius 1 is 0.762 bits per heavy atom. The molecule has 0 rings (SSSR count). The molecule has 0 atom stereocenters. The van der Waals surface area contributed by atoms with E-state index in [0.29, 0.717) is 12.8 Å². The summed E-state index contributed by atoms with van der Waals surface area (Å²) in [7, 11) is 2.29. The molecular formula is C16H33NO4. The average Bonchev–Trinajstić information content (AvgIpc) is 2.45. The standard InChI is InChI=1S/C9H16O4.C7H18N/c10-8(11)6-4-2-1-3-5-7-9(12)13;1-5-8(4,6-2)7-3/h1-7H2,(H,10,11)(H,12,13);5-7H2,1-4H3/q;+1/p-1. The van der Waals surface area contributed by atoms with Crippen molar-refractivity contribution < 1.29 is 25.7 Å². The molecule has 5 heteroatoms. The summed E-state index contributed by atoms with van der Waals surface area (Å²) in [4.78, 5) is 20.0. The molecule has 0 amide bonds. The number of nitrogens with zero attached hydrogens (tertiary/aromatic N) is 1. The number of carboxylic acid groups (broad SMARTS) is 2. The van der Waals surface area contributed by atoms with Gasteiger partial charge in [0.25, 0.3) is 0 Å². The second-order valence-electron chi connectivity index (χ2n) is 5.58. The molecule has 0 bridgehead atoms. The minimum Gasteiger partial charge on any atom is -0.550 e. The van der Waals surface area contributed by atoms with Crippen molar-refractivity contribution in [3.05, 3.63) is 0 Å². The SMILES string of the molecule is CC[N+](C)(CC)CC.O=C([O-])CCCCCCCC(=O)[O-].[H+]. The van der Waals surface area contributed by atoms with E-state index in [-0.39, 0.29) is 14.3 Å². The van der Waals surface area contributed by atoms with Crippen LogP contribution in [0.1, 0.15) is 67.1 Å². The van der Waals surface area contributed by atoms with Crippen LogP contribution < -0.4 is 10.2 Å². The van der Waals surface area contributed by atoms with E-state index in [0.717, 1.165) is 19.3 Å². The molecule has 0 heterocycles. The molecular weight excluding hydrogens is 270 g/mol. The molecule has 0 spiro atoms. The first-order chi connectivity index (χ1) is 9.81. The van der Waals surface area contributed by atoms with Gasteiger partial charge in [0, 0.05) is 11.9 Å². The van der Waals surface area contributed by atoms with Crippen LogP contribution in [0.15, 0.2) is 0 Å². The van der Waals surface area contributed by atoms with Gasteiger partial charge in [-0.1, -0.05) is 19.3 Å². The maximum absolute atomic E-state index is 9.98. The number of carbonyl (C=O) groups is 2. The van der Waals surface area contributed by atoms with E-state index in [1.54, 1.807) is 0 Å². The Balaban J connectivity index is -0.000000348. The lowest BCUT2D eigenvalue weighted by Gasteiger charge is -2.30. The highest BCUT2D eigenvalue weighted by Crippen LogP contribution is 2.06. The molecule has 21 heavy (non-hydrogen) atoms. The van der Waals surface area contributed by atoms with Crippen molar-refractivity contribution in [2.45, 2.75) is 65.7 Å². The van der Waals surface area contributed by atoms with Crippen molar-refractivity contribution in [2.24, 2.45) is 0 Å². The number of aliphatic carboxylic acids is 2. The summed E-state index contributed by atoms with van der Waals surface area (Å²) in [6.07, 6.45) is 3.95. The maximum atomic E-state index is 9.98. The number of carboxylic acids is 2. The molecule has 0 aliphatic carbocycles. The Kier molecular flexibility index (Phi) is 14.6. The van der Waals surface area contributed by atoms with Gasteiger partial charge in [0.15, 0.2) is 0 Å². The zero-order valence-corrected chi connectivity index (χ0v) is 14.2. The molecule has 0 radical (unpaired) electrons. The van der Waals surface area contributed by atoms with Gasteiger partial charge < -0.3 is 24.3 Å². The summed E-state index contributed by atoms with van der Waals surface area (Å²) >= 11 is 0. The molecule has 0 saturated carbocycles. The third-order valence-corrected chi connectivity index (χ3v) is 4.05. The maximum Gasteiger partial charge on any atom is 1.00 e. The van der Waals surface area contributed by atoms with Crippen LogP contribution in [0.2, 0.25) is 0 Å². The van der Waals surface area contributed by atoms with Gasteiger partial charge in [-0.15, -0.1) is 0 Å². The summed E-state index contributed by atoms with van der Waals surface area (Å²) in [6, 6.07) is 0. The molecule has 126 valence electrons. The first-order valence-electron chi connectivity index (χ1n) is 8.04. The minimum absolute atomic E-state index is 0. The number of carbonyl (C=O) groups excluding carboxylic acids is 2. The van der Waals surface area contributed by atoms with Gasteiger partial charge in [-0.3, -0.25) is 0 Å². The molecule has 0 aliphatic heterocycles. The van der Waals surface area contributed by atoms with Crippen LogP contribution in [0.4, 0.5) is 0 Å². The van der Waals surface area contributed by atoms with Gasteiger partial charge in [0.05, 0.1) is 26.7 Å². The van der Waals surface area contributed by atoms with Crippen molar-refractivity contribution in [1.29, 1.82) is 0 Å². The summed E-state index contributed by atoms with van der Waals surface area (Å²) in [5.41, 5.74) is 0. The van der Waals surface area contributed by atoms with Crippen LogP contribution in [-0.2, 0) is 9.59 Å². The topological polar surface area (TPSA) is 80.3 Å². The van der Waals surface area contributed by atoms with Gasteiger partial charge in [-0.2, -0.15) is 0 Å². The second-order valence-corrected chi connectivity index (χ2v) is 5.58. The predicted octanol–water partition coefficient (Wildman–Crippen LogP) is 0.822. The summed E-state index contributed by atoms with van der Waals surface area (Å²) in [5.74, 6) is -2.04. The predicted molar refractivity (Wildman–Crippen MR) is 81.3 cm³/mol. The molecule has 0 saturated heterocycles. The van der Waals surface area contributed by atoms with Gasteiger partial charge in [-0.05, 0) is 46.5 Å². The molecule has 0 fully saturated rings. The third kappa shape index (κ3) is 16.8. The summed E-state index contributed by atoms with van der Waals surface area (Å²) in [6.45, 7) is 10.5. The fourth-order valence-corrected chi connectivity index (χ4v) is 1.74. The monoisotopic (exact) mass is 303 g/mol. The summed E-state index contributed by atoms with van der Waals surface area (Å²) < 4.78 is 1.21. The van der Waals surface area contributed by atoms with Crippen molar-refractivity contribution >= 4 is 11.9 Å². The average molecular weight is 303 g/mol. The second kappa shape index (κ2) is 13.9. The van der Waals surface area contributed by atoms with Gasteiger partial charge in [0.2, 0.25) is 0 Å². The highest BCUT2D eigenvalue weighted by molar-refractivity contribution is 5.64. The van der Waals surface area contributed by atoms with Crippen LogP contribution in [-0.4, -0.2) is 43.1 Å². The Labute approximate surface area is 131 Å². The molecule has 0 aromatic heterocycles. The van der Waals surface area contributed by atoms with Crippen LogP contribution in [0.5, 0.6) is 0 Å². The zero-order chi connectivity index (χ0) is 16.7. The highest BCUT2D eigenvalue weighted by atomic mass is 16.4. The van der Waals surface area contributed by atoms with E-state index in [4.69, 9.17) is 0 Å². The number of hydrogen-bond donors (Lipinski definition) is 0. The van der Waals surface area contributed by atoms with E-state index in [1.165, 1.54) is 24.1 Å². The van der Waals surface area contributed by atoms with Crippen LogP contribution >= 0.6 is 0 Å². The molecule has 0 aromatic rings. The first kappa shape index (κ1) is 22.2. The smallest absolute Gasteiger partial charge is 0.550 e. The Morgan fingerprint density at radius 2 is 1.05 bits per heavy atom. The van der Waals surface area contributed by atoms with Gasteiger partial charge in [0.1, 0.15) is 0 Å². The quantitative estimate of drug-likeness (QED) is 0.418. The third-order valence-electron chi connectivity index (χ3n) is 4.05. The highest BCUT2D eigenvalue weighted by Gasteiger charge is 2.10. The molecule has 5 nitrogen and oxygen atoms in total. The Hall–Kier alpha value is -1.10. The number of rotatable bonds is 11. The lowest BCUT2D eigenvalue weighted by molar-refractivity contribution is -0.904. The molecule has 0 aromatic carbocycles. The molecule has 0 N–H and O–H groups in total. The van der Waals surface area contributed by atoms with E-state index in [9.17, 15) is 19.8 Å². The van der Waals surface area contributed by atoms with Crippen molar-refractivity contribution in [3.8, 4) is 0 Å². The largest absolute Gasteiger partial charge is 1.00 e. The van der Waals surface area contributed by atoms with Crippen molar-refractivity contribution in [1.82, 2.24) is 0 Å². The van der Waals surface area contributed by atoms with E-state index in [2.05, 4.69) is 27.8 Å². The zero-order valence-electron chi connectivity index (χ0n) is 15.2. The van der Waals surface area contributed by atoms with E-state index < -0.39 is 11.9 Å². The van der Waals surface area contributed by atoms with Crippen molar-refractivity contribution in [2.75, 3.05) is 26.7 Å². The summed E-state index contributed by atoms with van der Waals surface area (Å²) in [5, 5.41) is 20.0. The minimum atomic E-state index is -1.02. The van der Waals surface area contributed by atoms with Crippen LogP contribution in [0.25, 0.3) is 0 Å². The number of hydrogen-bond acceptors (Lipinski definition) is 4. The molecule has 0 aliphatic rings. The van der Waals surface area contributed by atoms with E-state index >= 15 is 0 Å². The normalized spacial score (nSPS) is 10.7. The lowest BCUT2D eigenvalue weighted by atomic mass is 10.1. The first-order valence-corrected chi connectivity index (χ1v) is 8.04. The lowest BCUT2D eigenvalue weighted by Crippen LogP contribution is -2.42. The van der Waals surface area contributed by atoms with Crippen molar-refractivity contribution in [3.63, 3.8) is 0 Å². The Bertz CT molecular complexity index is 255. The van der Waals surface area contributed by atoms with Gasteiger partial charge >= 0.3 is 1.43 Å². The Morgan fingerprint density at radius 3 is 1.24 bits per heavy atom. The fourth-order valence-electron chi connectivity index (χ4n) is 1.74. The van der Waals surface area contributed by atoms with E-state index in [1.807, 2.05) is 0 Å². The molecule has 0 unspecified atom stereocenters. The number of unbranched alkanes of at least 4 members (excludes halogenated alkanes) is 4. The van der Waals surface area contributed by atoms with Crippen LogP contribution in [0, 0.1) is 0 Å². The van der Waals surface area contributed by atoms with Gasteiger partial charge in [-0.25, -0.2) is 0 Å². The van der Waals surface area contributed by atoms with Crippen LogP contribution in [0.3, 0.4) is 0 Å². The fraction of sp³-hybridized carbons (Fsp3) is 0.875.